The molecule has 0 saturated heterocycles. The molecule has 0 radical (unpaired) electrons. The predicted molar refractivity (Wildman–Crippen MR) is 40.6 cm³/mol. The number of nitrogens with two attached hydrogens (primary N) is 1. The lowest BCUT2D eigenvalue weighted by Gasteiger charge is -2.11. The maximum absolute atomic E-state index is 10.7. The Kier molecular flexibility index (Phi) is 2.44. The highest BCUT2D eigenvalue weighted by atomic mass is 16.1. The molecule has 0 aromatic heterocycles. The fraction of sp³-hybridized carbons (Fsp3) is 0.875. The average Bonchev–Trinajstić information content (AvgIpc) is 2.15. The van der Waals surface area contributed by atoms with Crippen LogP contribution in [0.5, 0.6) is 0 Å². The van der Waals surface area contributed by atoms with Gasteiger partial charge in [0.1, 0.15) is 5.78 Å². The molecule has 2 heteroatoms. The Balaban J connectivity index is 2.33. The number of ketones is 1. The van der Waals surface area contributed by atoms with Gasteiger partial charge in [0.25, 0.3) is 0 Å². The molecule has 1 aliphatic rings. The zero-order chi connectivity index (χ0) is 7.56. The van der Waals surface area contributed by atoms with Crippen LogP contribution >= 0.6 is 0 Å². The molecule has 0 bridgehead atoms. The monoisotopic (exact) mass is 141 g/mol. The van der Waals surface area contributed by atoms with Gasteiger partial charge in [-0.05, 0) is 25.7 Å². The van der Waals surface area contributed by atoms with Crippen LogP contribution in [0.4, 0.5) is 0 Å². The summed E-state index contributed by atoms with van der Waals surface area (Å²) in [6.07, 6.45) is 4.17. The summed E-state index contributed by atoms with van der Waals surface area (Å²) >= 11 is 0. The predicted octanol–water partition coefficient (Wildman–Crippen LogP) is 1.09. The van der Waals surface area contributed by atoms with Gasteiger partial charge in [-0.1, -0.05) is 6.42 Å². The molecule has 0 amide bonds. The molecule has 1 aliphatic carbocycles. The summed E-state index contributed by atoms with van der Waals surface area (Å²) in [6, 6.07) is 0.295. The molecule has 2 unspecified atom stereocenters. The fourth-order valence-electron chi connectivity index (χ4n) is 1.69. The molecule has 2 N–H and O–H groups in total. The molecule has 1 saturated carbocycles. The third-order valence-electron chi connectivity index (χ3n) is 2.27. The minimum Gasteiger partial charge on any atom is -0.327 e. The number of rotatable bonds is 2. The lowest BCUT2D eigenvalue weighted by Crippen LogP contribution is -2.25. The second-order valence-corrected chi connectivity index (χ2v) is 3.26. The van der Waals surface area contributed by atoms with Gasteiger partial charge >= 0.3 is 0 Å². The van der Waals surface area contributed by atoms with E-state index >= 15 is 0 Å². The normalized spacial score (nSPS) is 32.6. The second-order valence-electron chi connectivity index (χ2n) is 3.26. The van der Waals surface area contributed by atoms with Crippen LogP contribution in [0.3, 0.4) is 0 Å². The first-order chi connectivity index (χ1) is 4.70. The Morgan fingerprint density at radius 1 is 1.60 bits per heavy atom. The Hall–Kier alpha value is -0.370. The van der Waals surface area contributed by atoms with Crippen molar-refractivity contribution in [3.63, 3.8) is 0 Å². The van der Waals surface area contributed by atoms with E-state index in [9.17, 15) is 4.79 Å². The molecule has 0 spiro atoms. The van der Waals surface area contributed by atoms with Gasteiger partial charge in [-0.15, -0.1) is 0 Å². The van der Waals surface area contributed by atoms with Crippen LogP contribution in [0.1, 0.15) is 32.6 Å². The van der Waals surface area contributed by atoms with Crippen molar-refractivity contribution in [2.45, 2.75) is 38.6 Å². The lowest BCUT2D eigenvalue weighted by atomic mass is 9.98. The summed E-state index contributed by atoms with van der Waals surface area (Å²) in [5, 5.41) is 0. The standard InChI is InChI=1S/C8H15NO/c1-6(10)5-7-3-2-4-8(7)9/h7-8H,2-5,9H2,1H3. The minimum atomic E-state index is 0.280. The lowest BCUT2D eigenvalue weighted by molar-refractivity contribution is -0.117. The van der Waals surface area contributed by atoms with Crippen molar-refractivity contribution in [3.05, 3.63) is 0 Å². The Labute approximate surface area is 61.8 Å². The van der Waals surface area contributed by atoms with Gasteiger partial charge in [0.15, 0.2) is 0 Å². The Morgan fingerprint density at radius 3 is 2.70 bits per heavy atom. The summed E-state index contributed by atoms with van der Waals surface area (Å²) in [6.45, 7) is 1.64. The van der Waals surface area contributed by atoms with E-state index in [2.05, 4.69) is 0 Å². The number of hydrogen-bond donors (Lipinski definition) is 1. The van der Waals surface area contributed by atoms with E-state index in [1.165, 1.54) is 6.42 Å². The van der Waals surface area contributed by atoms with Crippen LogP contribution in [-0.2, 0) is 4.79 Å². The van der Waals surface area contributed by atoms with E-state index in [4.69, 9.17) is 5.73 Å². The van der Waals surface area contributed by atoms with Gasteiger partial charge in [0.2, 0.25) is 0 Å². The molecule has 1 fully saturated rings. The number of hydrogen-bond acceptors (Lipinski definition) is 2. The Morgan fingerprint density at radius 2 is 2.30 bits per heavy atom. The highest BCUT2D eigenvalue weighted by Gasteiger charge is 2.24. The number of Topliss-reactive ketones (excluding diaryl/α,β-unsaturated/α-hetero) is 1. The van der Waals surface area contributed by atoms with Gasteiger partial charge in [-0.25, -0.2) is 0 Å². The van der Waals surface area contributed by atoms with E-state index in [0.717, 1.165) is 12.8 Å². The molecule has 10 heavy (non-hydrogen) atoms. The largest absolute Gasteiger partial charge is 0.327 e. The van der Waals surface area contributed by atoms with E-state index in [1.807, 2.05) is 0 Å². The summed E-state index contributed by atoms with van der Waals surface area (Å²) in [7, 11) is 0. The van der Waals surface area contributed by atoms with Crippen LogP contribution in [-0.4, -0.2) is 11.8 Å². The van der Waals surface area contributed by atoms with Gasteiger partial charge in [-0.3, -0.25) is 0 Å². The summed E-state index contributed by atoms with van der Waals surface area (Å²) < 4.78 is 0. The third-order valence-corrected chi connectivity index (χ3v) is 2.27. The van der Waals surface area contributed by atoms with Crippen LogP contribution < -0.4 is 5.73 Å². The molecule has 0 aromatic rings. The molecule has 0 heterocycles. The zero-order valence-corrected chi connectivity index (χ0v) is 6.47. The first-order valence-electron chi connectivity index (χ1n) is 3.95. The topological polar surface area (TPSA) is 43.1 Å². The zero-order valence-electron chi connectivity index (χ0n) is 6.47. The maximum Gasteiger partial charge on any atom is 0.130 e. The smallest absolute Gasteiger partial charge is 0.130 e. The van der Waals surface area contributed by atoms with Crippen molar-refractivity contribution in [1.82, 2.24) is 0 Å². The summed E-state index contributed by atoms with van der Waals surface area (Å²) in [4.78, 5) is 10.7. The van der Waals surface area contributed by atoms with Crippen molar-refractivity contribution in [2.24, 2.45) is 11.7 Å². The molecule has 58 valence electrons. The van der Waals surface area contributed by atoms with Gasteiger partial charge < -0.3 is 10.5 Å². The number of carbonyl (C=O) groups excluding carboxylic acids is 1. The summed E-state index contributed by atoms with van der Waals surface area (Å²) in [5.74, 6) is 0.764. The minimum absolute atomic E-state index is 0.280. The fourth-order valence-corrected chi connectivity index (χ4v) is 1.69. The SMILES string of the molecule is CC(=O)CC1CCCC1N. The van der Waals surface area contributed by atoms with Gasteiger partial charge in [-0.2, -0.15) is 0 Å². The Bertz CT molecular complexity index is 133. The van der Waals surface area contributed by atoms with E-state index in [1.54, 1.807) is 6.92 Å². The third kappa shape index (κ3) is 1.81. The second kappa shape index (κ2) is 3.15. The molecule has 2 nitrogen and oxygen atoms in total. The van der Waals surface area contributed by atoms with E-state index < -0.39 is 0 Å². The maximum atomic E-state index is 10.7. The molecule has 0 aromatic carbocycles. The van der Waals surface area contributed by atoms with Crippen molar-refractivity contribution in [2.75, 3.05) is 0 Å². The van der Waals surface area contributed by atoms with Crippen molar-refractivity contribution in [1.29, 1.82) is 0 Å². The molecule has 1 rings (SSSR count). The van der Waals surface area contributed by atoms with Gasteiger partial charge in [0, 0.05) is 12.5 Å². The van der Waals surface area contributed by atoms with Crippen LogP contribution in [0.2, 0.25) is 0 Å². The van der Waals surface area contributed by atoms with Crippen molar-refractivity contribution < 1.29 is 4.79 Å². The number of carbonyl (C=O) groups is 1. The highest BCUT2D eigenvalue weighted by molar-refractivity contribution is 5.75. The van der Waals surface area contributed by atoms with Crippen LogP contribution in [0.15, 0.2) is 0 Å². The first kappa shape index (κ1) is 7.73. The average molecular weight is 141 g/mol. The van der Waals surface area contributed by atoms with E-state index in [-0.39, 0.29) is 5.78 Å². The van der Waals surface area contributed by atoms with Crippen molar-refractivity contribution >= 4 is 5.78 Å². The van der Waals surface area contributed by atoms with Gasteiger partial charge in [0.05, 0.1) is 0 Å². The molecule has 0 aliphatic heterocycles. The van der Waals surface area contributed by atoms with E-state index in [0.29, 0.717) is 18.4 Å². The molecule has 2 atom stereocenters. The quantitative estimate of drug-likeness (QED) is 0.625. The molecular formula is C8H15NO. The highest BCUT2D eigenvalue weighted by Crippen LogP contribution is 2.26. The first-order valence-corrected chi connectivity index (χ1v) is 3.95. The summed E-state index contributed by atoms with van der Waals surface area (Å²) in [5.41, 5.74) is 5.78. The molecular weight excluding hydrogens is 126 g/mol. The van der Waals surface area contributed by atoms with Crippen LogP contribution in [0, 0.1) is 5.92 Å². The van der Waals surface area contributed by atoms with Crippen LogP contribution in [0.25, 0.3) is 0 Å². The van der Waals surface area contributed by atoms with Crippen molar-refractivity contribution in [3.8, 4) is 0 Å².